The molecule has 26 heavy (non-hydrogen) atoms. The molecule has 1 atom stereocenters. The minimum Gasteiger partial charge on any atom is -0.497 e. The molecule has 0 saturated carbocycles. The maximum Gasteiger partial charge on any atom is 0.239 e. The Morgan fingerprint density at radius 2 is 2.08 bits per heavy atom. The topological polar surface area (TPSA) is 81.9 Å². The lowest BCUT2D eigenvalue weighted by Gasteiger charge is -2.09. The predicted octanol–water partition coefficient (Wildman–Crippen LogP) is 3.37. The molecule has 1 aromatic carbocycles. The van der Waals surface area contributed by atoms with Crippen LogP contribution in [0.3, 0.4) is 0 Å². The summed E-state index contributed by atoms with van der Waals surface area (Å²) in [7, 11) is 3.48. The van der Waals surface area contributed by atoms with Crippen molar-refractivity contribution < 1.29 is 9.53 Å². The van der Waals surface area contributed by atoms with Crippen molar-refractivity contribution in [1.82, 2.24) is 19.7 Å². The van der Waals surface area contributed by atoms with E-state index in [-0.39, 0.29) is 11.2 Å². The molecule has 2 aromatic heterocycles. The van der Waals surface area contributed by atoms with Crippen molar-refractivity contribution in [3.05, 3.63) is 35.5 Å². The molecule has 9 heteroatoms. The van der Waals surface area contributed by atoms with Crippen molar-refractivity contribution in [3.63, 3.8) is 0 Å². The van der Waals surface area contributed by atoms with Gasteiger partial charge in [0.15, 0.2) is 10.3 Å². The molecule has 0 aliphatic heterocycles. The van der Waals surface area contributed by atoms with Crippen LogP contribution in [0.4, 0.5) is 5.13 Å². The molecule has 3 rings (SSSR count). The number of thiazole rings is 1. The Balaban J connectivity index is 1.70. The second-order valence-corrected chi connectivity index (χ2v) is 8.14. The molecule has 0 spiro atoms. The Morgan fingerprint density at radius 3 is 2.69 bits per heavy atom. The van der Waals surface area contributed by atoms with E-state index in [1.54, 1.807) is 18.0 Å². The van der Waals surface area contributed by atoms with Gasteiger partial charge in [-0.05, 0) is 38.1 Å². The van der Waals surface area contributed by atoms with Crippen LogP contribution in [0.25, 0.3) is 11.3 Å². The lowest BCUT2D eigenvalue weighted by atomic mass is 10.1. The molecule has 1 N–H and O–H groups in total. The fourth-order valence-corrected chi connectivity index (χ4v) is 3.89. The second kappa shape index (κ2) is 7.88. The second-order valence-electron chi connectivity index (χ2n) is 5.63. The highest BCUT2D eigenvalue weighted by molar-refractivity contribution is 8.00. The first-order chi connectivity index (χ1) is 12.5. The molecule has 1 amide bonds. The third kappa shape index (κ3) is 4.05. The van der Waals surface area contributed by atoms with Crippen LogP contribution in [0.2, 0.25) is 0 Å². The number of amides is 1. The number of aromatic nitrogens is 4. The van der Waals surface area contributed by atoms with Crippen molar-refractivity contribution >= 4 is 34.1 Å². The van der Waals surface area contributed by atoms with Gasteiger partial charge in [-0.3, -0.25) is 4.79 Å². The van der Waals surface area contributed by atoms with Crippen molar-refractivity contribution in [3.8, 4) is 17.0 Å². The van der Waals surface area contributed by atoms with Crippen LogP contribution < -0.4 is 10.1 Å². The van der Waals surface area contributed by atoms with Crippen LogP contribution >= 0.6 is 23.1 Å². The van der Waals surface area contributed by atoms with E-state index < -0.39 is 0 Å². The highest BCUT2D eigenvalue weighted by Gasteiger charge is 2.19. The number of anilines is 1. The molecule has 136 valence electrons. The van der Waals surface area contributed by atoms with Gasteiger partial charge in [0, 0.05) is 17.5 Å². The van der Waals surface area contributed by atoms with Gasteiger partial charge in [-0.1, -0.05) is 11.8 Å². The smallest absolute Gasteiger partial charge is 0.239 e. The molecule has 0 aliphatic rings. The zero-order chi connectivity index (χ0) is 18.7. The minimum atomic E-state index is -0.313. The Morgan fingerprint density at radius 1 is 1.35 bits per heavy atom. The predicted molar refractivity (Wildman–Crippen MR) is 104 cm³/mol. The molecule has 0 bridgehead atoms. The van der Waals surface area contributed by atoms with Crippen LogP contribution in [0.15, 0.2) is 35.7 Å². The van der Waals surface area contributed by atoms with Gasteiger partial charge in [0.2, 0.25) is 5.91 Å². The van der Waals surface area contributed by atoms with Gasteiger partial charge in [-0.15, -0.1) is 21.5 Å². The van der Waals surface area contributed by atoms with Gasteiger partial charge in [-0.2, -0.15) is 0 Å². The average molecular weight is 390 g/mol. The number of ether oxygens (including phenoxy) is 1. The number of hydrogen-bond acceptors (Lipinski definition) is 7. The summed E-state index contributed by atoms with van der Waals surface area (Å²) in [5, 5.41) is 11.7. The number of carbonyl (C=O) groups excluding carboxylic acids is 1. The van der Waals surface area contributed by atoms with E-state index in [9.17, 15) is 4.79 Å². The van der Waals surface area contributed by atoms with Gasteiger partial charge in [-0.25, -0.2) is 4.98 Å². The van der Waals surface area contributed by atoms with Crippen LogP contribution in [-0.2, 0) is 11.8 Å². The summed E-state index contributed by atoms with van der Waals surface area (Å²) in [6.45, 7) is 3.82. The van der Waals surface area contributed by atoms with E-state index in [1.807, 2.05) is 45.2 Å². The molecule has 0 aliphatic carbocycles. The fourth-order valence-electron chi connectivity index (χ4n) is 2.26. The Bertz CT molecular complexity index is 904. The molecule has 2 heterocycles. The lowest BCUT2D eigenvalue weighted by Crippen LogP contribution is -2.22. The lowest BCUT2D eigenvalue weighted by molar-refractivity contribution is -0.115. The fraction of sp³-hybridized carbons (Fsp3) is 0.294. The molecule has 0 radical (unpaired) electrons. The summed E-state index contributed by atoms with van der Waals surface area (Å²) in [4.78, 5) is 18.1. The highest BCUT2D eigenvalue weighted by Crippen LogP contribution is 2.32. The third-order valence-electron chi connectivity index (χ3n) is 3.71. The quantitative estimate of drug-likeness (QED) is 0.651. The van der Waals surface area contributed by atoms with Crippen LogP contribution in [0, 0.1) is 6.92 Å². The number of methoxy groups -OCH3 is 1. The molecular weight excluding hydrogens is 370 g/mol. The number of nitrogens with one attached hydrogen (secondary N) is 1. The minimum absolute atomic E-state index is 0.118. The van der Waals surface area contributed by atoms with Gasteiger partial charge < -0.3 is 14.6 Å². The van der Waals surface area contributed by atoms with Crippen LogP contribution in [0.5, 0.6) is 5.75 Å². The summed E-state index contributed by atoms with van der Waals surface area (Å²) in [6.07, 6.45) is 1.61. The van der Waals surface area contributed by atoms with Crippen molar-refractivity contribution in [2.75, 3.05) is 12.4 Å². The van der Waals surface area contributed by atoms with E-state index >= 15 is 0 Å². The maximum atomic E-state index is 12.5. The van der Waals surface area contributed by atoms with E-state index in [4.69, 9.17) is 4.74 Å². The van der Waals surface area contributed by atoms with E-state index in [0.717, 1.165) is 21.9 Å². The summed E-state index contributed by atoms with van der Waals surface area (Å²) in [6, 6.07) is 7.70. The number of benzene rings is 1. The van der Waals surface area contributed by atoms with Crippen molar-refractivity contribution in [2.24, 2.45) is 7.05 Å². The molecule has 3 aromatic rings. The van der Waals surface area contributed by atoms with Gasteiger partial charge in [0.05, 0.1) is 18.1 Å². The Hall–Kier alpha value is -2.39. The summed E-state index contributed by atoms with van der Waals surface area (Å²) >= 11 is 2.82. The maximum absolute atomic E-state index is 12.5. The summed E-state index contributed by atoms with van der Waals surface area (Å²) in [5.74, 6) is 0.679. The van der Waals surface area contributed by atoms with Gasteiger partial charge in [0.25, 0.3) is 0 Å². The zero-order valence-corrected chi connectivity index (χ0v) is 16.5. The summed E-state index contributed by atoms with van der Waals surface area (Å²) in [5.41, 5.74) is 1.85. The summed E-state index contributed by atoms with van der Waals surface area (Å²) < 4.78 is 6.96. The molecule has 1 unspecified atom stereocenters. The van der Waals surface area contributed by atoms with E-state index in [2.05, 4.69) is 20.5 Å². The van der Waals surface area contributed by atoms with Crippen LogP contribution in [-0.4, -0.2) is 38.0 Å². The first-order valence-corrected chi connectivity index (χ1v) is 9.61. The Kier molecular flexibility index (Phi) is 5.58. The van der Waals surface area contributed by atoms with Gasteiger partial charge in [0.1, 0.15) is 12.1 Å². The standard InChI is InChI=1S/C17H19N5O2S2/c1-10-14(12-5-7-13(24-4)8-6-12)19-16(25-10)20-15(23)11(2)26-17-21-18-9-22(17)3/h5-9,11H,1-4H3,(H,19,20,23). The van der Waals surface area contributed by atoms with Crippen molar-refractivity contribution in [1.29, 1.82) is 0 Å². The first kappa shape index (κ1) is 18.4. The first-order valence-electron chi connectivity index (χ1n) is 7.91. The number of aryl methyl sites for hydroxylation is 2. The SMILES string of the molecule is COc1ccc(-c2nc(NC(=O)C(C)Sc3nncn3C)sc2C)cc1. The largest absolute Gasteiger partial charge is 0.497 e. The highest BCUT2D eigenvalue weighted by atomic mass is 32.2. The molecular formula is C17H19N5O2S2. The van der Waals surface area contributed by atoms with Crippen LogP contribution in [0.1, 0.15) is 11.8 Å². The third-order valence-corrected chi connectivity index (χ3v) is 5.75. The average Bonchev–Trinajstić information content (AvgIpc) is 3.20. The van der Waals surface area contributed by atoms with Gasteiger partial charge >= 0.3 is 0 Å². The van der Waals surface area contributed by atoms with Crippen molar-refractivity contribution in [2.45, 2.75) is 24.3 Å². The molecule has 7 nitrogen and oxygen atoms in total. The number of thioether (sulfide) groups is 1. The number of carbonyl (C=O) groups is 1. The monoisotopic (exact) mass is 389 g/mol. The normalized spacial score (nSPS) is 12.0. The number of rotatable bonds is 6. The van der Waals surface area contributed by atoms with E-state index in [1.165, 1.54) is 23.1 Å². The molecule has 0 saturated heterocycles. The molecule has 0 fully saturated rings. The van der Waals surface area contributed by atoms with E-state index in [0.29, 0.717) is 10.3 Å². The number of hydrogen-bond donors (Lipinski definition) is 1. The zero-order valence-electron chi connectivity index (χ0n) is 14.9. The Labute approximate surface area is 159 Å². The number of nitrogens with zero attached hydrogens (tertiary/aromatic N) is 4.